The molecule has 0 spiro atoms. The zero-order valence-electron chi connectivity index (χ0n) is 13.5. The van der Waals surface area contributed by atoms with Crippen molar-refractivity contribution in [2.24, 2.45) is 23.2 Å². The van der Waals surface area contributed by atoms with Gasteiger partial charge in [-0.1, -0.05) is 0 Å². The van der Waals surface area contributed by atoms with Gasteiger partial charge in [0.1, 0.15) is 0 Å². The molecule has 4 bridgehead atoms. The van der Waals surface area contributed by atoms with Crippen molar-refractivity contribution in [3.8, 4) is 0 Å². The smallest absolute Gasteiger partial charge is 0.293 e. The van der Waals surface area contributed by atoms with Gasteiger partial charge in [0, 0.05) is 6.04 Å². The van der Waals surface area contributed by atoms with Crippen LogP contribution in [0.5, 0.6) is 0 Å². The van der Waals surface area contributed by atoms with Gasteiger partial charge in [0.2, 0.25) is 0 Å². The van der Waals surface area contributed by atoms with Crippen LogP contribution in [0.2, 0.25) is 0 Å². The normalized spacial score (nSPS) is 35.8. The molecule has 1 atom stereocenters. The van der Waals surface area contributed by atoms with Crippen LogP contribution in [-0.2, 0) is 0 Å². The molecule has 23 heavy (non-hydrogen) atoms. The Labute approximate surface area is 142 Å². The minimum atomic E-state index is -0.287. The van der Waals surface area contributed by atoms with E-state index in [1.807, 2.05) is 0 Å². The molecule has 0 aromatic carbocycles. The van der Waals surface area contributed by atoms with Crippen molar-refractivity contribution in [1.29, 1.82) is 0 Å². The first-order chi connectivity index (χ1) is 11.0. The van der Waals surface area contributed by atoms with Gasteiger partial charge in [-0.15, -0.1) is 0 Å². The van der Waals surface area contributed by atoms with E-state index in [0.717, 1.165) is 17.8 Å². The van der Waals surface area contributed by atoms with Crippen molar-refractivity contribution in [1.82, 2.24) is 10.6 Å². The summed E-state index contributed by atoms with van der Waals surface area (Å²) in [6.07, 6.45) is 9.76. The predicted molar refractivity (Wildman–Crippen MR) is 92.0 cm³/mol. The molecular formula is C18H24N2O2S. The van der Waals surface area contributed by atoms with Crippen molar-refractivity contribution >= 4 is 23.2 Å². The van der Waals surface area contributed by atoms with E-state index in [1.165, 1.54) is 44.8 Å². The Bertz CT molecular complexity index is 575. The standard InChI is InChI=1S/C18H24N2O2S/c1-11(19-17(23)20-16(21)15-3-2-4-22-15)18-8-12-5-13(9-18)7-14(6-12)10-18/h2-4,11-14H,5-10H2,1H3,(H2,19,20,21,23)/t11-,12?,13?,14?,18?/m0/s1. The summed E-state index contributed by atoms with van der Waals surface area (Å²) in [5.41, 5.74) is 0.369. The summed E-state index contributed by atoms with van der Waals surface area (Å²) in [6.45, 7) is 2.23. The molecule has 4 saturated carbocycles. The third-order valence-electron chi connectivity index (χ3n) is 6.32. The van der Waals surface area contributed by atoms with Gasteiger partial charge in [0.25, 0.3) is 5.91 Å². The highest BCUT2D eigenvalue weighted by Gasteiger charge is 2.53. The zero-order chi connectivity index (χ0) is 16.0. The molecule has 5 rings (SSSR count). The van der Waals surface area contributed by atoms with E-state index in [-0.39, 0.29) is 11.7 Å². The number of thiocarbonyl (C=S) groups is 1. The highest BCUT2D eigenvalue weighted by atomic mass is 32.1. The fourth-order valence-electron chi connectivity index (χ4n) is 5.67. The molecule has 4 aliphatic carbocycles. The highest BCUT2D eigenvalue weighted by molar-refractivity contribution is 7.80. The quantitative estimate of drug-likeness (QED) is 0.832. The van der Waals surface area contributed by atoms with Gasteiger partial charge < -0.3 is 9.73 Å². The minimum Gasteiger partial charge on any atom is -0.459 e. The second-order valence-corrected chi connectivity index (χ2v) is 8.31. The number of nitrogens with one attached hydrogen (secondary N) is 2. The molecule has 1 heterocycles. The van der Waals surface area contributed by atoms with Crippen LogP contribution in [0.4, 0.5) is 0 Å². The van der Waals surface area contributed by atoms with Gasteiger partial charge in [-0.25, -0.2) is 0 Å². The summed E-state index contributed by atoms with van der Waals surface area (Å²) in [7, 11) is 0. The molecule has 2 N–H and O–H groups in total. The van der Waals surface area contributed by atoms with Crippen LogP contribution in [0.1, 0.15) is 56.0 Å². The third kappa shape index (κ3) is 2.80. The number of carbonyl (C=O) groups excluding carboxylic acids is 1. The van der Waals surface area contributed by atoms with E-state index < -0.39 is 0 Å². The first-order valence-corrected chi connectivity index (χ1v) is 9.10. The Kier molecular flexibility index (Phi) is 3.71. The maximum atomic E-state index is 12.0. The number of hydrogen-bond acceptors (Lipinski definition) is 3. The van der Waals surface area contributed by atoms with Crippen molar-refractivity contribution in [3.63, 3.8) is 0 Å². The molecule has 0 unspecified atom stereocenters. The Balaban J connectivity index is 1.39. The monoisotopic (exact) mass is 332 g/mol. The van der Waals surface area contributed by atoms with Crippen LogP contribution in [-0.4, -0.2) is 17.1 Å². The van der Waals surface area contributed by atoms with E-state index in [1.54, 1.807) is 12.1 Å². The average Bonchev–Trinajstić information content (AvgIpc) is 2.99. The van der Waals surface area contributed by atoms with E-state index in [4.69, 9.17) is 16.6 Å². The molecule has 1 amide bonds. The molecule has 124 valence electrons. The summed E-state index contributed by atoms with van der Waals surface area (Å²) < 4.78 is 5.10. The van der Waals surface area contributed by atoms with Crippen LogP contribution in [0, 0.1) is 23.2 Å². The molecule has 0 saturated heterocycles. The van der Waals surface area contributed by atoms with E-state index in [0.29, 0.717) is 16.6 Å². The fourth-order valence-corrected chi connectivity index (χ4v) is 5.94. The number of furan rings is 1. The lowest BCUT2D eigenvalue weighted by Gasteiger charge is -2.59. The summed E-state index contributed by atoms with van der Waals surface area (Å²) in [4.78, 5) is 12.0. The van der Waals surface area contributed by atoms with Gasteiger partial charge in [0.05, 0.1) is 6.26 Å². The average molecular weight is 332 g/mol. The SMILES string of the molecule is C[C@H](NC(=S)NC(=O)c1ccco1)C12CC3CC(CC(C3)C1)C2. The van der Waals surface area contributed by atoms with Crippen LogP contribution >= 0.6 is 12.2 Å². The van der Waals surface area contributed by atoms with Gasteiger partial charge in [-0.2, -0.15) is 0 Å². The molecule has 5 heteroatoms. The lowest BCUT2D eigenvalue weighted by Crippen LogP contribution is -2.57. The van der Waals surface area contributed by atoms with Gasteiger partial charge >= 0.3 is 0 Å². The highest BCUT2D eigenvalue weighted by Crippen LogP contribution is 2.61. The maximum Gasteiger partial charge on any atom is 0.293 e. The molecule has 0 radical (unpaired) electrons. The van der Waals surface area contributed by atoms with Crippen molar-refractivity contribution < 1.29 is 9.21 Å². The van der Waals surface area contributed by atoms with Gasteiger partial charge in [0.15, 0.2) is 10.9 Å². The van der Waals surface area contributed by atoms with Crippen LogP contribution in [0.25, 0.3) is 0 Å². The fraction of sp³-hybridized carbons (Fsp3) is 0.667. The Morgan fingerprint density at radius 2 is 1.87 bits per heavy atom. The maximum absolute atomic E-state index is 12.0. The summed E-state index contributed by atoms with van der Waals surface area (Å²) in [5.74, 6) is 2.74. The Morgan fingerprint density at radius 3 is 2.39 bits per heavy atom. The minimum absolute atomic E-state index is 0.287. The topological polar surface area (TPSA) is 54.3 Å². The van der Waals surface area contributed by atoms with Gasteiger partial charge in [-0.05, 0) is 93.0 Å². The van der Waals surface area contributed by atoms with Crippen LogP contribution < -0.4 is 10.6 Å². The molecule has 4 fully saturated rings. The summed E-state index contributed by atoms with van der Waals surface area (Å²) in [6, 6.07) is 3.64. The molecule has 1 aromatic rings. The lowest BCUT2D eigenvalue weighted by atomic mass is 9.48. The van der Waals surface area contributed by atoms with E-state index >= 15 is 0 Å². The third-order valence-corrected chi connectivity index (χ3v) is 6.54. The van der Waals surface area contributed by atoms with E-state index in [2.05, 4.69) is 17.6 Å². The molecule has 4 nitrogen and oxygen atoms in total. The first-order valence-electron chi connectivity index (χ1n) is 8.69. The second-order valence-electron chi connectivity index (χ2n) is 7.91. The van der Waals surface area contributed by atoms with Crippen molar-refractivity contribution in [2.45, 2.75) is 51.5 Å². The van der Waals surface area contributed by atoms with Crippen LogP contribution in [0.15, 0.2) is 22.8 Å². The number of carbonyl (C=O) groups is 1. The van der Waals surface area contributed by atoms with Crippen molar-refractivity contribution in [3.05, 3.63) is 24.2 Å². The largest absolute Gasteiger partial charge is 0.459 e. The number of hydrogen-bond donors (Lipinski definition) is 2. The van der Waals surface area contributed by atoms with Gasteiger partial charge in [-0.3, -0.25) is 10.1 Å². The Hall–Kier alpha value is -1.36. The summed E-state index contributed by atoms with van der Waals surface area (Å²) >= 11 is 5.35. The number of amides is 1. The summed E-state index contributed by atoms with van der Waals surface area (Å²) in [5, 5.41) is 6.53. The van der Waals surface area contributed by atoms with Crippen LogP contribution in [0.3, 0.4) is 0 Å². The zero-order valence-corrected chi connectivity index (χ0v) is 14.3. The van der Waals surface area contributed by atoms with Crippen molar-refractivity contribution in [2.75, 3.05) is 0 Å². The molecule has 0 aliphatic heterocycles. The number of rotatable bonds is 3. The predicted octanol–water partition coefficient (Wildman–Crippen LogP) is 3.49. The second kappa shape index (κ2) is 5.62. The molecule has 1 aromatic heterocycles. The Morgan fingerprint density at radius 1 is 1.26 bits per heavy atom. The first kappa shape index (κ1) is 15.2. The lowest BCUT2D eigenvalue weighted by molar-refractivity contribution is -0.0672. The molecular weight excluding hydrogens is 308 g/mol. The van der Waals surface area contributed by atoms with E-state index in [9.17, 15) is 4.79 Å². The molecule has 4 aliphatic rings.